The maximum Gasteiger partial charge on any atom is 0.352 e. The van der Waals surface area contributed by atoms with E-state index in [-0.39, 0.29) is 48.3 Å². The number of phenolic OH excluding ortho intramolecular Hbond substituents is 2. The molecule has 0 bridgehead atoms. The highest BCUT2D eigenvalue weighted by molar-refractivity contribution is 6.00. The third-order valence-corrected chi connectivity index (χ3v) is 8.85. The Morgan fingerprint density at radius 1 is 0.959 bits per heavy atom. The minimum absolute atomic E-state index is 0.0590. The monoisotopic (exact) mass is 690 g/mol. The smallest absolute Gasteiger partial charge is 0.352 e. The van der Waals surface area contributed by atoms with Gasteiger partial charge in [-0.05, 0) is 49.6 Å². The van der Waals surface area contributed by atoms with E-state index in [4.69, 9.17) is 9.47 Å². The second kappa shape index (κ2) is 15.5. The number of nitrogens with zero attached hydrogens (tertiary/aromatic N) is 2. The van der Waals surface area contributed by atoms with Crippen molar-refractivity contribution in [3.05, 3.63) is 58.3 Å². The van der Waals surface area contributed by atoms with Crippen LogP contribution in [-0.4, -0.2) is 113 Å². The fourth-order valence-electron chi connectivity index (χ4n) is 6.36. The van der Waals surface area contributed by atoms with E-state index in [1.807, 2.05) is 4.90 Å². The summed E-state index contributed by atoms with van der Waals surface area (Å²) in [7, 11) is 2.59. The molecule has 2 aliphatic heterocycles. The molecule has 14 nitrogen and oxygen atoms in total. The number of benzene rings is 2. The number of ether oxygens (including phenoxy) is 2. The molecular weight excluding hydrogens is 650 g/mol. The number of hydrogen-bond donors (Lipinski definition) is 6. The summed E-state index contributed by atoms with van der Waals surface area (Å²) >= 11 is 0. The molecule has 49 heavy (non-hydrogen) atoms. The minimum atomic E-state index is -1.28. The number of aliphatic carboxylic acids is 1. The first kappa shape index (κ1) is 36.9. The molecule has 6 N–H and O–H groups in total. The molecule has 0 aromatic heterocycles. The van der Waals surface area contributed by atoms with E-state index in [9.17, 15) is 48.4 Å². The molecule has 0 spiro atoms. The van der Waals surface area contributed by atoms with Crippen LogP contribution in [0.1, 0.15) is 47.4 Å². The average molecular weight is 691 g/mol. The molecule has 1 saturated heterocycles. The first-order valence-electron chi connectivity index (χ1n) is 15.6. The summed E-state index contributed by atoms with van der Waals surface area (Å²) in [6.07, 6.45) is -0.311. The Hall–Kier alpha value is -4.96. The van der Waals surface area contributed by atoms with E-state index in [1.165, 1.54) is 38.2 Å². The standard InChI is InChI=1S/C33H40F2N4O10/c1-16-20(27(33(46)47)39-26(16)23(17(2)40)32(39)45)15-38(13-5-11-36-30(43)18-7-9-21(41)28(42)24(18)34)14-6-12-37-31(44)19-8-10-22(48-3)29(49-4)25(19)35/h7-10,16-17,23,26,40-42H,5-6,11-15H2,1-4H3,(H,36,43)(H,37,44)(H,46,47)/t16-,17+,23+,26?/m0/s1. The van der Waals surface area contributed by atoms with Crippen molar-refractivity contribution in [1.82, 2.24) is 20.4 Å². The Balaban J connectivity index is 1.44. The predicted octanol–water partition coefficient (Wildman–Crippen LogP) is 1.83. The highest BCUT2D eigenvalue weighted by atomic mass is 19.1. The van der Waals surface area contributed by atoms with Crippen LogP contribution < -0.4 is 20.1 Å². The SMILES string of the molecule is COc1ccc(C(=O)NCCCN(CCCNC(=O)c2ccc(O)c(O)c2F)CC2=C(C(=O)O)N3C(=O)[C@H]([C@@H](C)O)C3[C@H]2C)c(F)c1OC. The number of aliphatic hydroxyl groups excluding tert-OH is 1. The van der Waals surface area contributed by atoms with E-state index in [0.29, 0.717) is 31.5 Å². The Labute approximate surface area is 280 Å². The van der Waals surface area contributed by atoms with Crippen molar-refractivity contribution >= 4 is 23.7 Å². The number of aromatic hydroxyl groups is 2. The number of halogens is 2. The molecule has 0 saturated carbocycles. The van der Waals surface area contributed by atoms with Gasteiger partial charge in [-0.15, -0.1) is 0 Å². The maximum atomic E-state index is 14.9. The zero-order chi connectivity index (χ0) is 36.2. The number of β-lactam (4-membered cyclic amide) rings is 1. The molecule has 266 valence electrons. The Morgan fingerprint density at radius 2 is 1.53 bits per heavy atom. The van der Waals surface area contributed by atoms with Gasteiger partial charge in [0.1, 0.15) is 5.70 Å². The van der Waals surface area contributed by atoms with Gasteiger partial charge in [-0.25, -0.2) is 13.6 Å². The molecule has 0 radical (unpaired) electrons. The molecule has 2 heterocycles. The van der Waals surface area contributed by atoms with Gasteiger partial charge in [0.2, 0.25) is 5.91 Å². The van der Waals surface area contributed by atoms with Gasteiger partial charge < -0.3 is 45.4 Å². The maximum absolute atomic E-state index is 14.9. The van der Waals surface area contributed by atoms with Crippen LogP contribution in [0.2, 0.25) is 0 Å². The van der Waals surface area contributed by atoms with Crippen LogP contribution in [-0.2, 0) is 9.59 Å². The van der Waals surface area contributed by atoms with E-state index >= 15 is 0 Å². The number of amides is 3. The van der Waals surface area contributed by atoms with Gasteiger partial charge in [0, 0.05) is 38.6 Å². The van der Waals surface area contributed by atoms with Crippen molar-refractivity contribution in [3.8, 4) is 23.0 Å². The number of carbonyl (C=O) groups is 4. The van der Waals surface area contributed by atoms with Gasteiger partial charge in [0.25, 0.3) is 11.8 Å². The number of rotatable bonds is 16. The Bertz CT molecular complexity index is 1650. The number of nitrogens with one attached hydrogen (secondary N) is 2. The zero-order valence-electron chi connectivity index (χ0n) is 27.5. The molecule has 2 aromatic rings. The summed E-state index contributed by atoms with van der Waals surface area (Å²) in [6.45, 7) is 4.17. The number of carboxylic acid groups (broad SMARTS) is 1. The summed E-state index contributed by atoms with van der Waals surface area (Å²) in [5.41, 5.74) is -0.373. The summed E-state index contributed by atoms with van der Waals surface area (Å²) in [6, 6.07) is 4.18. The van der Waals surface area contributed by atoms with Gasteiger partial charge in [0.15, 0.2) is 34.6 Å². The second-order valence-corrected chi connectivity index (χ2v) is 11.9. The van der Waals surface area contributed by atoms with Crippen molar-refractivity contribution < 1.29 is 57.9 Å². The van der Waals surface area contributed by atoms with Crippen LogP contribution in [0.5, 0.6) is 23.0 Å². The second-order valence-electron chi connectivity index (χ2n) is 11.9. The molecule has 3 amide bonds. The number of fused-ring (bicyclic) bond motifs is 1. The summed E-state index contributed by atoms with van der Waals surface area (Å²) < 4.78 is 39.3. The molecular formula is C33H40F2N4O10. The molecule has 4 rings (SSSR count). The van der Waals surface area contributed by atoms with Gasteiger partial charge in [-0.3, -0.25) is 19.3 Å². The highest BCUT2D eigenvalue weighted by Crippen LogP contribution is 2.47. The third kappa shape index (κ3) is 7.39. The fraction of sp³-hybridized carbons (Fsp3) is 0.455. The molecule has 2 aromatic carbocycles. The van der Waals surface area contributed by atoms with Gasteiger partial charge in [-0.2, -0.15) is 0 Å². The van der Waals surface area contributed by atoms with Gasteiger partial charge in [-0.1, -0.05) is 6.92 Å². The van der Waals surface area contributed by atoms with Crippen molar-refractivity contribution in [3.63, 3.8) is 0 Å². The van der Waals surface area contributed by atoms with Crippen molar-refractivity contribution in [2.24, 2.45) is 11.8 Å². The molecule has 2 aliphatic rings. The van der Waals surface area contributed by atoms with Crippen molar-refractivity contribution in [2.45, 2.75) is 38.8 Å². The largest absolute Gasteiger partial charge is 0.504 e. The highest BCUT2D eigenvalue weighted by Gasteiger charge is 2.59. The van der Waals surface area contributed by atoms with E-state index in [0.717, 1.165) is 12.1 Å². The lowest BCUT2D eigenvalue weighted by Gasteiger charge is -2.46. The van der Waals surface area contributed by atoms with Crippen LogP contribution in [0.4, 0.5) is 8.78 Å². The first-order valence-corrected chi connectivity index (χ1v) is 15.6. The zero-order valence-corrected chi connectivity index (χ0v) is 27.5. The van der Waals surface area contributed by atoms with Crippen LogP contribution in [0.25, 0.3) is 0 Å². The molecule has 1 unspecified atom stereocenters. The van der Waals surface area contributed by atoms with Gasteiger partial charge in [0.05, 0.1) is 43.4 Å². The minimum Gasteiger partial charge on any atom is -0.504 e. The lowest BCUT2D eigenvalue weighted by Crippen LogP contribution is -2.63. The summed E-state index contributed by atoms with van der Waals surface area (Å²) in [5.74, 6) is -8.39. The molecule has 4 atom stereocenters. The topological polar surface area (TPSA) is 198 Å². The van der Waals surface area contributed by atoms with E-state index < -0.39 is 70.5 Å². The van der Waals surface area contributed by atoms with E-state index in [1.54, 1.807) is 6.92 Å². The predicted molar refractivity (Wildman–Crippen MR) is 169 cm³/mol. The molecule has 1 fully saturated rings. The fourth-order valence-corrected chi connectivity index (χ4v) is 6.36. The van der Waals surface area contributed by atoms with Crippen LogP contribution in [0.3, 0.4) is 0 Å². The lowest BCUT2D eigenvalue weighted by atomic mass is 9.77. The van der Waals surface area contributed by atoms with Crippen LogP contribution in [0.15, 0.2) is 35.5 Å². The van der Waals surface area contributed by atoms with Crippen LogP contribution in [0, 0.1) is 23.5 Å². The van der Waals surface area contributed by atoms with Gasteiger partial charge >= 0.3 is 5.97 Å². The van der Waals surface area contributed by atoms with Crippen molar-refractivity contribution in [1.29, 1.82) is 0 Å². The third-order valence-electron chi connectivity index (χ3n) is 8.85. The summed E-state index contributed by atoms with van der Waals surface area (Å²) in [4.78, 5) is 53.5. The first-order chi connectivity index (χ1) is 23.2. The Kier molecular flexibility index (Phi) is 11.7. The lowest BCUT2D eigenvalue weighted by molar-refractivity contribution is -0.163. The number of phenols is 2. The number of carbonyl (C=O) groups excluding carboxylic acids is 3. The number of aliphatic hydroxyl groups is 1. The quantitative estimate of drug-likeness (QED) is 0.0854. The molecule has 16 heteroatoms. The normalized spacial score (nSPS) is 19.0. The Morgan fingerprint density at radius 3 is 2.06 bits per heavy atom. The number of hydrogen-bond acceptors (Lipinski definition) is 10. The van der Waals surface area contributed by atoms with Crippen molar-refractivity contribution in [2.75, 3.05) is 46.9 Å². The molecule has 0 aliphatic carbocycles. The number of carboxylic acids is 1. The van der Waals surface area contributed by atoms with Crippen LogP contribution >= 0.6 is 0 Å². The summed E-state index contributed by atoms with van der Waals surface area (Å²) in [5, 5.41) is 44.5. The number of methoxy groups -OCH3 is 2. The average Bonchev–Trinajstić information content (AvgIpc) is 3.30. The van der Waals surface area contributed by atoms with E-state index in [2.05, 4.69) is 10.6 Å².